The molecule has 0 atom stereocenters. The molecule has 0 aromatic carbocycles. The first-order valence-electron chi connectivity index (χ1n) is 6.07. The van der Waals surface area contributed by atoms with E-state index in [1.54, 1.807) is 20.4 Å². The molecule has 18 heavy (non-hydrogen) atoms. The monoisotopic (exact) mass is 272 g/mol. The first-order valence-corrected chi connectivity index (χ1v) is 6.44. The average Bonchev–Trinajstić information content (AvgIpc) is 2.36. The zero-order valence-electron chi connectivity index (χ0n) is 11.1. The fourth-order valence-corrected chi connectivity index (χ4v) is 1.92. The van der Waals surface area contributed by atoms with Gasteiger partial charge in [0.25, 0.3) is 0 Å². The Morgan fingerprint density at radius 2 is 2.00 bits per heavy atom. The molecule has 0 amide bonds. The van der Waals surface area contributed by atoms with Crippen LogP contribution in [0.25, 0.3) is 0 Å². The maximum absolute atomic E-state index is 5.89. The molecule has 1 aromatic rings. The molecule has 4 nitrogen and oxygen atoms in total. The molecule has 0 aliphatic carbocycles. The van der Waals surface area contributed by atoms with Gasteiger partial charge in [0.1, 0.15) is 5.15 Å². The molecule has 0 saturated heterocycles. The van der Waals surface area contributed by atoms with Gasteiger partial charge in [-0.15, -0.1) is 0 Å². The van der Waals surface area contributed by atoms with Crippen molar-refractivity contribution in [2.24, 2.45) is 0 Å². The number of aromatic nitrogens is 1. The van der Waals surface area contributed by atoms with Gasteiger partial charge in [-0.2, -0.15) is 0 Å². The maximum atomic E-state index is 5.89. The Morgan fingerprint density at radius 3 is 2.67 bits per heavy atom. The van der Waals surface area contributed by atoms with Crippen LogP contribution >= 0.6 is 11.6 Å². The standard InChI is InChI=1S/C13H21ClN2O2/c1-17-8-3-6-16(7-9-18-2)11-12-4-5-15-13(14)10-12/h4-5,10H,3,6-9,11H2,1-2H3. The Balaban J connectivity index is 2.48. The van der Waals surface area contributed by atoms with Crippen LogP contribution in [0.1, 0.15) is 12.0 Å². The van der Waals surface area contributed by atoms with E-state index in [1.165, 1.54) is 5.56 Å². The molecule has 0 saturated carbocycles. The van der Waals surface area contributed by atoms with Crippen molar-refractivity contribution in [2.75, 3.05) is 40.5 Å². The van der Waals surface area contributed by atoms with Crippen LogP contribution in [-0.4, -0.2) is 50.4 Å². The Bertz CT molecular complexity index is 337. The molecule has 0 N–H and O–H groups in total. The highest BCUT2D eigenvalue weighted by atomic mass is 35.5. The van der Waals surface area contributed by atoms with Crippen LogP contribution < -0.4 is 0 Å². The highest BCUT2D eigenvalue weighted by molar-refractivity contribution is 6.29. The number of hydrogen-bond donors (Lipinski definition) is 0. The number of rotatable bonds is 9. The summed E-state index contributed by atoms with van der Waals surface area (Å²) in [5.41, 5.74) is 1.17. The number of nitrogens with zero attached hydrogens (tertiary/aromatic N) is 2. The summed E-state index contributed by atoms with van der Waals surface area (Å²) in [6.45, 7) is 4.25. The van der Waals surface area contributed by atoms with E-state index in [2.05, 4.69) is 9.88 Å². The Morgan fingerprint density at radius 1 is 1.22 bits per heavy atom. The van der Waals surface area contributed by atoms with Crippen LogP contribution in [0.4, 0.5) is 0 Å². The van der Waals surface area contributed by atoms with Gasteiger partial charge in [0.05, 0.1) is 6.61 Å². The van der Waals surface area contributed by atoms with E-state index in [9.17, 15) is 0 Å². The van der Waals surface area contributed by atoms with Crippen molar-refractivity contribution in [1.29, 1.82) is 0 Å². The molecule has 102 valence electrons. The van der Waals surface area contributed by atoms with Crippen LogP contribution in [0.2, 0.25) is 5.15 Å². The SMILES string of the molecule is COCCCN(CCOC)Cc1ccnc(Cl)c1. The Kier molecular flexibility index (Phi) is 7.93. The second kappa shape index (κ2) is 9.28. The van der Waals surface area contributed by atoms with E-state index >= 15 is 0 Å². The maximum Gasteiger partial charge on any atom is 0.129 e. The van der Waals surface area contributed by atoms with Crippen molar-refractivity contribution in [3.8, 4) is 0 Å². The highest BCUT2D eigenvalue weighted by Gasteiger charge is 2.06. The minimum atomic E-state index is 0.538. The zero-order chi connectivity index (χ0) is 13.2. The van der Waals surface area contributed by atoms with Gasteiger partial charge in [0, 0.05) is 46.7 Å². The molecule has 0 aliphatic heterocycles. The van der Waals surface area contributed by atoms with Gasteiger partial charge < -0.3 is 9.47 Å². The van der Waals surface area contributed by atoms with E-state index in [4.69, 9.17) is 21.1 Å². The molecule has 1 rings (SSSR count). The van der Waals surface area contributed by atoms with Crippen LogP contribution in [0.15, 0.2) is 18.3 Å². The lowest BCUT2D eigenvalue weighted by molar-refractivity contribution is 0.129. The quantitative estimate of drug-likeness (QED) is 0.510. The minimum absolute atomic E-state index is 0.538. The third-order valence-corrected chi connectivity index (χ3v) is 2.84. The highest BCUT2D eigenvalue weighted by Crippen LogP contribution is 2.10. The van der Waals surface area contributed by atoms with Gasteiger partial charge in [0.2, 0.25) is 0 Å². The van der Waals surface area contributed by atoms with Gasteiger partial charge in [-0.3, -0.25) is 4.90 Å². The normalized spacial score (nSPS) is 11.1. The smallest absolute Gasteiger partial charge is 0.129 e. The average molecular weight is 273 g/mol. The molecule has 0 aliphatic rings. The first kappa shape index (κ1) is 15.4. The second-order valence-electron chi connectivity index (χ2n) is 4.10. The second-order valence-corrected chi connectivity index (χ2v) is 4.49. The molecule has 0 spiro atoms. The van der Waals surface area contributed by atoms with E-state index in [0.29, 0.717) is 5.15 Å². The summed E-state index contributed by atoms with van der Waals surface area (Å²) in [6, 6.07) is 3.89. The number of ether oxygens (including phenoxy) is 2. The zero-order valence-corrected chi connectivity index (χ0v) is 11.8. The predicted octanol–water partition coefficient (Wildman–Crippen LogP) is 2.22. The molecule has 0 bridgehead atoms. The van der Waals surface area contributed by atoms with Crippen molar-refractivity contribution in [1.82, 2.24) is 9.88 Å². The minimum Gasteiger partial charge on any atom is -0.385 e. The first-order chi connectivity index (χ1) is 8.76. The number of hydrogen-bond acceptors (Lipinski definition) is 4. The van der Waals surface area contributed by atoms with Crippen LogP contribution in [-0.2, 0) is 16.0 Å². The van der Waals surface area contributed by atoms with Gasteiger partial charge in [-0.25, -0.2) is 4.98 Å². The molecule has 0 radical (unpaired) electrons. The largest absolute Gasteiger partial charge is 0.385 e. The van der Waals surface area contributed by atoms with Gasteiger partial charge in [-0.1, -0.05) is 11.6 Å². The van der Waals surface area contributed by atoms with Crippen molar-refractivity contribution in [3.05, 3.63) is 29.0 Å². The fourth-order valence-electron chi connectivity index (χ4n) is 1.72. The summed E-state index contributed by atoms with van der Waals surface area (Å²) >= 11 is 5.89. The van der Waals surface area contributed by atoms with Crippen LogP contribution in [0.3, 0.4) is 0 Å². The fraction of sp³-hybridized carbons (Fsp3) is 0.615. The summed E-state index contributed by atoms with van der Waals surface area (Å²) in [7, 11) is 3.44. The summed E-state index contributed by atoms with van der Waals surface area (Å²) in [5, 5.41) is 0.538. The van der Waals surface area contributed by atoms with E-state index in [1.807, 2.05) is 12.1 Å². The molecular formula is C13H21ClN2O2. The summed E-state index contributed by atoms with van der Waals surface area (Å²) in [5.74, 6) is 0. The molecule has 0 fully saturated rings. The summed E-state index contributed by atoms with van der Waals surface area (Å²) in [6.07, 6.45) is 2.75. The van der Waals surface area contributed by atoms with Crippen molar-refractivity contribution >= 4 is 11.6 Å². The lowest BCUT2D eigenvalue weighted by Gasteiger charge is -2.21. The van der Waals surface area contributed by atoms with Crippen molar-refractivity contribution in [2.45, 2.75) is 13.0 Å². The van der Waals surface area contributed by atoms with E-state index in [0.717, 1.165) is 39.3 Å². The van der Waals surface area contributed by atoms with Crippen LogP contribution in [0, 0.1) is 0 Å². The number of pyridine rings is 1. The molecule has 0 unspecified atom stereocenters. The number of methoxy groups -OCH3 is 2. The Labute approximate surface area is 114 Å². The van der Waals surface area contributed by atoms with Gasteiger partial charge in [0.15, 0.2) is 0 Å². The predicted molar refractivity (Wildman–Crippen MR) is 72.9 cm³/mol. The summed E-state index contributed by atoms with van der Waals surface area (Å²) in [4.78, 5) is 6.31. The third-order valence-electron chi connectivity index (χ3n) is 2.63. The molecular weight excluding hydrogens is 252 g/mol. The Hall–Kier alpha value is -0.680. The number of halogens is 1. The van der Waals surface area contributed by atoms with E-state index in [-0.39, 0.29) is 0 Å². The molecule has 5 heteroatoms. The van der Waals surface area contributed by atoms with E-state index < -0.39 is 0 Å². The van der Waals surface area contributed by atoms with Gasteiger partial charge in [-0.05, 0) is 24.1 Å². The molecule has 1 heterocycles. The molecule has 1 aromatic heterocycles. The topological polar surface area (TPSA) is 34.6 Å². The third kappa shape index (κ3) is 6.31. The van der Waals surface area contributed by atoms with Crippen molar-refractivity contribution in [3.63, 3.8) is 0 Å². The lowest BCUT2D eigenvalue weighted by Crippen LogP contribution is -2.28. The lowest BCUT2D eigenvalue weighted by atomic mass is 10.2. The van der Waals surface area contributed by atoms with Crippen molar-refractivity contribution < 1.29 is 9.47 Å². The van der Waals surface area contributed by atoms with Crippen LogP contribution in [0.5, 0.6) is 0 Å². The van der Waals surface area contributed by atoms with Gasteiger partial charge >= 0.3 is 0 Å². The summed E-state index contributed by atoms with van der Waals surface area (Å²) < 4.78 is 10.2.